The molecule has 1 aromatic heterocycles. The number of hydrogen-bond donors (Lipinski definition) is 1. The summed E-state index contributed by atoms with van der Waals surface area (Å²) in [6.07, 6.45) is 14.6. The highest BCUT2D eigenvalue weighted by Crippen LogP contribution is 2.20. The van der Waals surface area contributed by atoms with Gasteiger partial charge in [-0.3, -0.25) is 0 Å². The maximum absolute atomic E-state index is 5.72. The molecular formula is C26H36N4O. The number of allylic oxidation sites excluding steroid dienone is 1. The van der Waals surface area contributed by atoms with E-state index in [1.54, 1.807) is 0 Å². The van der Waals surface area contributed by atoms with Gasteiger partial charge >= 0.3 is 0 Å². The van der Waals surface area contributed by atoms with E-state index in [1.165, 1.54) is 5.56 Å². The number of anilines is 1. The average Bonchev–Trinajstić information content (AvgIpc) is 2.83. The van der Waals surface area contributed by atoms with Crippen LogP contribution in [0.5, 0.6) is 0 Å². The number of rotatable bonds is 10. The lowest BCUT2D eigenvalue weighted by molar-refractivity contribution is 0.297. The topological polar surface area (TPSA) is 50.3 Å². The van der Waals surface area contributed by atoms with E-state index in [-0.39, 0.29) is 0 Å². The highest BCUT2D eigenvalue weighted by atomic mass is 16.5. The van der Waals surface area contributed by atoms with Gasteiger partial charge in [-0.05, 0) is 44.2 Å². The molecule has 31 heavy (non-hydrogen) atoms. The standard InChI is InChI=1S/C26H36N4O/c1-4-10-25(31-6-3)22-19-27-26(28-20-22)30-17-15-24(16-18-30)29-23(5-2)14-13-21-11-8-7-9-12-21/h7-14,19-20,23-24,29H,4-6,15-18H2,1-3H3/b14-13+,25-10?. The fourth-order valence-electron chi connectivity index (χ4n) is 3.86. The molecule has 0 spiro atoms. The Morgan fingerprint density at radius 2 is 1.84 bits per heavy atom. The molecule has 0 amide bonds. The fraction of sp³-hybridized carbons (Fsp3) is 0.462. The third-order valence-electron chi connectivity index (χ3n) is 5.60. The van der Waals surface area contributed by atoms with Gasteiger partial charge in [0.05, 0.1) is 12.2 Å². The van der Waals surface area contributed by atoms with E-state index in [0.717, 1.165) is 56.0 Å². The van der Waals surface area contributed by atoms with E-state index in [2.05, 4.69) is 82.6 Å². The monoisotopic (exact) mass is 420 g/mol. The van der Waals surface area contributed by atoms with Crippen molar-refractivity contribution >= 4 is 17.8 Å². The summed E-state index contributed by atoms with van der Waals surface area (Å²) in [7, 11) is 0. The molecule has 1 aromatic carbocycles. The van der Waals surface area contributed by atoms with Gasteiger partial charge in [0.1, 0.15) is 5.76 Å². The van der Waals surface area contributed by atoms with Crippen LogP contribution in [0.1, 0.15) is 57.6 Å². The Hall–Kier alpha value is -2.66. The lowest BCUT2D eigenvalue weighted by Gasteiger charge is -2.34. The third-order valence-corrected chi connectivity index (χ3v) is 5.60. The van der Waals surface area contributed by atoms with Gasteiger partial charge in [-0.15, -0.1) is 0 Å². The van der Waals surface area contributed by atoms with Crippen molar-refractivity contribution in [3.05, 3.63) is 66.0 Å². The van der Waals surface area contributed by atoms with E-state index in [1.807, 2.05) is 19.3 Å². The maximum atomic E-state index is 5.72. The van der Waals surface area contributed by atoms with E-state index in [0.29, 0.717) is 18.7 Å². The predicted molar refractivity (Wildman–Crippen MR) is 130 cm³/mol. The smallest absolute Gasteiger partial charge is 0.225 e. The van der Waals surface area contributed by atoms with Crippen molar-refractivity contribution in [1.29, 1.82) is 0 Å². The third kappa shape index (κ3) is 6.93. The van der Waals surface area contributed by atoms with Gasteiger partial charge in [-0.2, -0.15) is 0 Å². The molecule has 1 fully saturated rings. The Bertz CT molecular complexity index is 824. The molecule has 1 atom stereocenters. The van der Waals surface area contributed by atoms with Crippen molar-refractivity contribution in [1.82, 2.24) is 15.3 Å². The Balaban J connectivity index is 1.51. The molecule has 166 valence electrons. The molecule has 1 unspecified atom stereocenters. The molecule has 0 saturated carbocycles. The van der Waals surface area contributed by atoms with Crippen molar-refractivity contribution in [3.63, 3.8) is 0 Å². The Morgan fingerprint density at radius 3 is 2.45 bits per heavy atom. The minimum absolute atomic E-state index is 0.398. The van der Waals surface area contributed by atoms with Gasteiger partial charge in [-0.1, -0.05) is 56.3 Å². The molecule has 5 nitrogen and oxygen atoms in total. The van der Waals surface area contributed by atoms with Gasteiger partial charge in [0.15, 0.2) is 0 Å². The second kappa shape index (κ2) is 12.3. The first kappa shape index (κ1) is 23.0. The van der Waals surface area contributed by atoms with Crippen LogP contribution in [0.3, 0.4) is 0 Å². The fourth-order valence-corrected chi connectivity index (χ4v) is 3.86. The molecule has 2 heterocycles. The Kier molecular flexibility index (Phi) is 9.10. The maximum Gasteiger partial charge on any atom is 0.225 e. The molecular weight excluding hydrogens is 384 g/mol. The van der Waals surface area contributed by atoms with Crippen molar-refractivity contribution in [2.75, 3.05) is 24.6 Å². The summed E-state index contributed by atoms with van der Waals surface area (Å²) in [5, 5.41) is 3.82. The zero-order chi connectivity index (χ0) is 21.9. The van der Waals surface area contributed by atoms with Gasteiger partial charge in [0.2, 0.25) is 5.95 Å². The molecule has 2 aromatic rings. The second-order valence-corrected chi connectivity index (χ2v) is 7.89. The number of piperidine rings is 1. The first-order chi connectivity index (χ1) is 15.2. The largest absolute Gasteiger partial charge is 0.493 e. The van der Waals surface area contributed by atoms with E-state index >= 15 is 0 Å². The van der Waals surface area contributed by atoms with Crippen molar-refractivity contribution in [2.24, 2.45) is 0 Å². The first-order valence-electron chi connectivity index (χ1n) is 11.6. The van der Waals surface area contributed by atoms with Gasteiger partial charge in [-0.25, -0.2) is 9.97 Å². The second-order valence-electron chi connectivity index (χ2n) is 7.89. The molecule has 1 aliphatic heterocycles. The number of benzene rings is 1. The van der Waals surface area contributed by atoms with Crippen LogP contribution in [0.15, 0.2) is 54.9 Å². The minimum Gasteiger partial charge on any atom is -0.493 e. The summed E-state index contributed by atoms with van der Waals surface area (Å²) in [4.78, 5) is 11.5. The Morgan fingerprint density at radius 1 is 1.13 bits per heavy atom. The van der Waals surface area contributed by atoms with Crippen LogP contribution in [0.25, 0.3) is 11.8 Å². The molecule has 3 rings (SSSR count). The van der Waals surface area contributed by atoms with Gasteiger partial charge in [0.25, 0.3) is 0 Å². The summed E-state index contributed by atoms with van der Waals surface area (Å²) < 4.78 is 5.72. The van der Waals surface area contributed by atoms with Crippen LogP contribution in [0.2, 0.25) is 0 Å². The first-order valence-corrected chi connectivity index (χ1v) is 11.6. The molecule has 0 radical (unpaired) electrons. The highest BCUT2D eigenvalue weighted by molar-refractivity contribution is 5.58. The summed E-state index contributed by atoms with van der Waals surface area (Å²) in [6, 6.07) is 11.4. The predicted octanol–water partition coefficient (Wildman–Crippen LogP) is 5.31. The zero-order valence-corrected chi connectivity index (χ0v) is 19.1. The van der Waals surface area contributed by atoms with Gasteiger partial charge < -0.3 is 15.0 Å². The lowest BCUT2D eigenvalue weighted by Crippen LogP contribution is -2.46. The van der Waals surface area contributed by atoms with Crippen LogP contribution in [0.4, 0.5) is 5.95 Å². The molecule has 1 aliphatic rings. The SMILES string of the molecule is CCC=C(OCC)c1cnc(N2CCC(NC(/C=C/c3ccccc3)CC)CC2)nc1. The molecule has 0 bridgehead atoms. The molecule has 1 N–H and O–H groups in total. The number of ether oxygens (including phenoxy) is 1. The summed E-state index contributed by atoms with van der Waals surface area (Å²) >= 11 is 0. The van der Waals surface area contributed by atoms with Crippen LogP contribution in [-0.4, -0.2) is 41.7 Å². The normalized spacial score (nSPS) is 16.6. The quantitative estimate of drug-likeness (QED) is 0.528. The zero-order valence-electron chi connectivity index (χ0n) is 19.1. The average molecular weight is 421 g/mol. The van der Waals surface area contributed by atoms with E-state index in [9.17, 15) is 0 Å². The van der Waals surface area contributed by atoms with E-state index < -0.39 is 0 Å². The van der Waals surface area contributed by atoms with Crippen LogP contribution >= 0.6 is 0 Å². The van der Waals surface area contributed by atoms with Crippen LogP contribution in [-0.2, 0) is 4.74 Å². The van der Waals surface area contributed by atoms with Crippen molar-refractivity contribution in [2.45, 2.75) is 58.5 Å². The summed E-state index contributed by atoms with van der Waals surface area (Å²) in [5.41, 5.74) is 2.19. The van der Waals surface area contributed by atoms with E-state index in [4.69, 9.17) is 4.74 Å². The number of hydrogen-bond acceptors (Lipinski definition) is 5. The molecule has 0 aliphatic carbocycles. The van der Waals surface area contributed by atoms with Gasteiger partial charge in [0, 0.05) is 37.6 Å². The lowest BCUT2D eigenvalue weighted by atomic mass is 10.0. The van der Waals surface area contributed by atoms with Crippen LogP contribution < -0.4 is 10.2 Å². The number of aromatic nitrogens is 2. The highest BCUT2D eigenvalue weighted by Gasteiger charge is 2.22. The summed E-state index contributed by atoms with van der Waals surface area (Å²) in [5.74, 6) is 1.68. The number of nitrogens with one attached hydrogen (secondary N) is 1. The number of nitrogens with zero attached hydrogens (tertiary/aromatic N) is 3. The molecule has 5 heteroatoms. The summed E-state index contributed by atoms with van der Waals surface area (Å²) in [6.45, 7) is 8.93. The van der Waals surface area contributed by atoms with Crippen molar-refractivity contribution < 1.29 is 4.74 Å². The van der Waals surface area contributed by atoms with Crippen LogP contribution in [0, 0.1) is 0 Å². The Labute approximate surface area is 187 Å². The minimum atomic E-state index is 0.398. The molecule has 1 saturated heterocycles. The van der Waals surface area contributed by atoms with Crippen molar-refractivity contribution in [3.8, 4) is 0 Å².